The van der Waals surface area contributed by atoms with Gasteiger partial charge in [0.25, 0.3) is 0 Å². The maximum Gasteiger partial charge on any atom is 0.323 e. The van der Waals surface area contributed by atoms with Crippen LogP contribution < -0.4 is 15.4 Å². The summed E-state index contributed by atoms with van der Waals surface area (Å²) in [6.07, 6.45) is 0. The van der Waals surface area contributed by atoms with Crippen LogP contribution in [0.4, 0.5) is 16.2 Å². The minimum atomic E-state index is -0.294. The third-order valence-corrected chi connectivity index (χ3v) is 3.10. The lowest BCUT2D eigenvalue weighted by molar-refractivity contribution is 0.262. The van der Waals surface area contributed by atoms with Crippen molar-refractivity contribution in [2.24, 2.45) is 0 Å². The highest BCUT2D eigenvalue weighted by Gasteiger charge is 2.09. The van der Waals surface area contributed by atoms with E-state index < -0.39 is 0 Å². The Morgan fingerprint density at radius 3 is 2.30 bits per heavy atom. The van der Waals surface area contributed by atoms with Crippen LogP contribution in [0.1, 0.15) is 11.1 Å². The molecule has 0 unspecified atom stereocenters. The van der Waals surface area contributed by atoms with Gasteiger partial charge in [-0.25, -0.2) is 4.79 Å². The van der Waals surface area contributed by atoms with E-state index in [1.54, 1.807) is 7.11 Å². The fourth-order valence-electron chi connectivity index (χ4n) is 1.86. The minimum Gasteiger partial charge on any atom is -0.495 e. The maximum atomic E-state index is 12.0. The molecule has 0 heterocycles. The Balaban J connectivity index is 2.13. The van der Waals surface area contributed by atoms with E-state index in [9.17, 15) is 4.79 Å². The Morgan fingerprint density at radius 2 is 1.65 bits per heavy atom. The van der Waals surface area contributed by atoms with E-state index >= 15 is 0 Å². The molecule has 0 fully saturated rings. The fourth-order valence-corrected chi connectivity index (χ4v) is 1.86. The molecule has 0 atom stereocenters. The van der Waals surface area contributed by atoms with Crippen LogP contribution in [0, 0.1) is 13.8 Å². The summed E-state index contributed by atoms with van der Waals surface area (Å²) in [5.74, 6) is 0.649. The number of carbonyl (C=O) groups excluding carboxylic acids is 1. The summed E-state index contributed by atoms with van der Waals surface area (Å²) >= 11 is 0. The van der Waals surface area contributed by atoms with Crippen molar-refractivity contribution in [3.63, 3.8) is 0 Å². The first-order valence-electron chi connectivity index (χ1n) is 6.38. The SMILES string of the molecule is COc1cc(C)c(C)cc1NC(=O)Nc1ccccc1. The van der Waals surface area contributed by atoms with Gasteiger partial charge in [-0.3, -0.25) is 0 Å². The molecule has 104 valence electrons. The van der Waals surface area contributed by atoms with Crippen LogP contribution in [0.3, 0.4) is 0 Å². The van der Waals surface area contributed by atoms with Crippen molar-refractivity contribution >= 4 is 17.4 Å². The van der Waals surface area contributed by atoms with Gasteiger partial charge in [-0.2, -0.15) is 0 Å². The monoisotopic (exact) mass is 270 g/mol. The van der Waals surface area contributed by atoms with Gasteiger partial charge < -0.3 is 15.4 Å². The quantitative estimate of drug-likeness (QED) is 0.887. The van der Waals surface area contributed by atoms with Gasteiger partial charge in [-0.05, 0) is 49.2 Å². The molecular weight excluding hydrogens is 252 g/mol. The molecule has 4 nitrogen and oxygen atoms in total. The predicted molar refractivity (Wildman–Crippen MR) is 81.6 cm³/mol. The van der Waals surface area contributed by atoms with Crippen LogP contribution in [0.2, 0.25) is 0 Å². The molecule has 0 aliphatic carbocycles. The van der Waals surface area contributed by atoms with Gasteiger partial charge in [0.15, 0.2) is 0 Å². The Labute approximate surface area is 118 Å². The van der Waals surface area contributed by atoms with E-state index in [2.05, 4.69) is 10.6 Å². The second-order valence-electron chi connectivity index (χ2n) is 4.58. The largest absolute Gasteiger partial charge is 0.495 e. The van der Waals surface area contributed by atoms with Crippen molar-refractivity contribution in [1.29, 1.82) is 0 Å². The molecule has 2 aromatic carbocycles. The lowest BCUT2D eigenvalue weighted by atomic mass is 10.1. The van der Waals surface area contributed by atoms with E-state index in [4.69, 9.17) is 4.74 Å². The maximum absolute atomic E-state index is 12.0. The molecule has 0 aliphatic heterocycles. The zero-order valence-electron chi connectivity index (χ0n) is 11.9. The van der Waals surface area contributed by atoms with Crippen molar-refractivity contribution in [2.75, 3.05) is 17.7 Å². The van der Waals surface area contributed by atoms with Gasteiger partial charge in [-0.1, -0.05) is 18.2 Å². The second-order valence-corrected chi connectivity index (χ2v) is 4.58. The number of methoxy groups -OCH3 is 1. The first-order chi connectivity index (χ1) is 9.60. The fraction of sp³-hybridized carbons (Fsp3) is 0.188. The van der Waals surface area contributed by atoms with Crippen molar-refractivity contribution < 1.29 is 9.53 Å². The number of amides is 2. The number of benzene rings is 2. The molecule has 0 saturated heterocycles. The van der Waals surface area contributed by atoms with Gasteiger partial charge in [0.1, 0.15) is 5.75 Å². The normalized spacial score (nSPS) is 9.95. The molecule has 2 rings (SSSR count). The van der Waals surface area contributed by atoms with Crippen LogP contribution in [0.5, 0.6) is 5.75 Å². The molecule has 2 aromatic rings. The second kappa shape index (κ2) is 6.10. The first-order valence-corrected chi connectivity index (χ1v) is 6.38. The molecule has 0 bridgehead atoms. The minimum absolute atomic E-state index is 0.294. The number of carbonyl (C=O) groups is 1. The number of para-hydroxylation sites is 1. The van der Waals surface area contributed by atoms with Crippen LogP contribution in [0.15, 0.2) is 42.5 Å². The highest BCUT2D eigenvalue weighted by Crippen LogP contribution is 2.28. The molecule has 2 N–H and O–H groups in total. The lowest BCUT2D eigenvalue weighted by Gasteiger charge is -2.13. The summed E-state index contributed by atoms with van der Waals surface area (Å²) in [4.78, 5) is 12.0. The predicted octanol–water partition coefficient (Wildman–Crippen LogP) is 3.96. The summed E-state index contributed by atoms with van der Waals surface area (Å²) in [6, 6.07) is 12.8. The number of anilines is 2. The Bertz CT molecular complexity index is 609. The van der Waals surface area contributed by atoms with E-state index in [0.717, 1.165) is 16.8 Å². The molecule has 0 saturated carbocycles. The number of aryl methyl sites for hydroxylation is 2. The lowest BCUT2D eigenvalue weighted by Crippen LogP contribution is -2.19. The van der Waals surface area contributed by atoms with E-state index in [-0.39, 0.29) is 6.03 Å². The van der Waals surface area contributed by atoms with Crippen molar-refractivity contribution in [3.05, 3.63) is 53.6 Å². The van der Waals surface area contributed by atoms with Gasteiger partial charge in [0, 0.05) is 5.69 Å². The number of rotatable bonds is 3. The van der Waals surface area contributed by atoms with Gasteiger partial charge >= 0.3 is 6.03 Å². The summed E-state index contributed by atoms with van der Waals surface area (Å²) in [7, 11) is 1.59. The molecule has 0 radical (unpaired) electrons. The van der Waals surface area contributed by atoms with Crippen LogP contribution >= 0.6 is 0 Å². The van der Waals surface area contributed by atoms with Crippen LogP contribution in [-0.4, -0.2) is 13.1 Å². The van der Waals surface area contributed by atoms with Crippen LogP contribution in [-0.2, 0) is 0 Å². The van der Waals surface area contributed by atoms with E-state index in [0.29, 0.717) is 11.4 Å². The first kappa shape index (κ1) is 13.9. The van der Waals surface area contributed by atoms with Gasteiger partial charge in [0.2, 0.25) is 0 Å². The average Bonchev–Trinajstić information content (AvgIpc) is 2.43. The highest BCUT2D eigenvalue weighted by molar-refractivity contribution is 6.00. The summed E-state index contributed by atoms with van der Waals surface area (Å²) in [5, 5.41) is 5.57. The average molecular weight is 270 g/mol. The summed E-state index contributed by atoms with van der Waals surface area (Å²) in [6.45, 7) is 4.00. The molecule has 20 heavy (non-hydrogen) atoms. The number of nitrogens with one attached hydrogen (secondary N) is 2. The molecule has 2 amide bonds. The number of ether oxygens (including phenoxy) is 1. The van der Waals surface area contributed by atoms with E-state index in [1.807, 2.05) is 56.3 Å². The summed E-state index contributed by atoms with van der Waals surface area (Å²) in [5.41, 5.74) is 3.62. The highest BCUT2D eigenvalue weighted by atomic mass is 16.5. The smallest absolute Gasteiger partial charge is 0.323 e. The Hall–Kier alpha value is -2.49. The van der Waals surface area contributed by atoms with Crippen molar-refractivity contribution in [1.82, 2.24) is 0 Å². The number of hydrogen-bond donors (Lipinski definition) is 2. The van der Waals surface area contributed by atoms with E-state index in [1.165, 1.54) is 0 Å². The zero-order chi connectivity index (χ0) is 14.5. The topological polar surface area (TPSA) is 50.4 Å². The Kier molecular flexibility index (Phi) is 4.25. The molecule has 0 aromatic heterocycles. The standard InChI is InChI=1S/C16H18N2O2/c1-11-9-14(15(20-3)10-12(11)2)18-16(19)17-13-7-5-4-6-8-13/h4-10H,1-3H3,(H2,17,18,19). The summed E-state index contributed by atoms with van der Waals surface area (Å²) < 4.78 is 5.29. The third-order valence-electron chi connectivity index (χ3n) is 3.10. The molecule has 0 spiro atoms. The van der Waals surface area contributed by atoms with Crippen molar-refractivity contribution in [3.8, 4) is 5.75 Å². The van der Waals surface area contributed by atoms with Gasteiger partial charge in [-0.15, -0.1) is 0 Å². The zero-order valence-corrected chi connectivity index (χ0v) is 11.9. The van der Waals surface area contributed by atoms with Gasteiger partial charge in [0.05, 0.1) is 12.8 Å². The number of hydrogen-bond acceptors (Lipinski definition) is 2. The number of urea groups is 1. The molecule has 4 heteroatoms. The Morgan fingerprint density at radius 1 is 1.00 bits per heavy atom. The molecule has 0 aliphatic rings. The van der Waals surface area contributed by atoms with Crippen molar-refractivity contribution in [2.45, 2.75) is 13.8 Å². The molecular formula is C16H18N2O2. The van der Waals surface area contributed by atoms with Crippen LogP contribution in [0.25, 0.3) is 0 Å². The third kappa shape index (κ3) is 3.29.